The quantitative estimate of drug-likeness (QED) is 0.562. The molecule has 0 atom stereocenters. The maximum atomic E-state index is 12.3. The van der Waals surface area contributed by atoms with Crippen molar-refractivity contribution in [1.82, 2.24) is 20.4 Å². The second-order valence-corrected chi connectivity index (χ2v) is 6.26. The SMILES string of the molecule is CC1(C)CNCN1C(=O)C(=O)N1CNCC1(C)C. The average Bonchev–Trinajstić information content (AvgIpc) is 2.78. The van der Waals surface area contributed by atoms with Gasteiger partial charge in [-0.05, 0) is 27.7 Å². The molecule has 0 aromatic heterocycles. The van der Waals surface area contributed by atoms with Crippen LogP contribution in [0.1, 0.15) is 27.7 Å². The van der Waals surface area contributed by atoms with Crippen LogP contribution in [0.3, 0.4) is 0 Å². The van der Waals surface area contributed by atoms with Crippen LogP contribution in [0, 0.1) is 0 Å². The van der Waals surface area contributed by atoms with Gasteiger partial charge in [-0.1, -0.05) is 0 Å². The molecule has 18 heavy (non-hydrogen) atoms. The maximum absolute atomic E-state index is 12.3. The maximum Gasteiger partial charge on any atom is 0.313 e. The summed E-state index contributed by atoms with van der Waals surface area (Å²) >= 11 is 0. The highest BCUT2D eigenvalue weighted by Gasteiger charge is 2.44. The molecule has 102 valence electrons. The first-order chi connectivity index (χ1) is 8.26. The van der Waals surface area contributed by atoms with Gasteiger partial charge in [-0.15, -0.1) is 0 Å². The zero-order valence-corrected chi connectivity index (χ0v) is 11.5. The van der Waals surface area contributed by atoms with Gasteiger partial charge in [0.2, 0.25) is 0 Å². The first-order valence-corrected chi connectivity index (χ1v) is 6.31. The molecule has 2 aliphatic rings. The van der Waals surface area contributed by atoms with Gasteiger partial charge in [-0.25, -0.2) is 0 Å². The van der Waals surface area contributed by atoms with Gasteiger partial charge in [0.05, 0.1) is 24.4 Å². The average molecular weight is 254 g/mol. The predicted molar refractivity (Wildman–Crippen MR) is 67.6 cm³/mol. The lowest BCUT2D eigenvalue weighted by molar-refractivity contribution is -0.155. The van der Waals surface area contributed by atoms with Crippen molar-refractivity contribution in [1.29, 1.82) is 0 Å². The lowest BCUT2D eigenvalue weighted by atomic mass is 10.0. The summed E-state index contributed by atoms with van der Waals surface area (Å²) in [7, 11) is 0. The van der Waals surface area contributed by atoms with E-state index in [0.29, 0.717) is 26.4 Å². The Morgan fingerprint density at radius 2 is 1.17 bits per heavy atom. The Kier molecular flexibility index (Phi) is 3.11. The third-order valence-electron chi connectivity index (χ3n) is 3.79. The molecule has 2 fully saturated rings. The Morgan fingerprint density at radius 3 is 1.39 bits per heavy atom. The second-order valence-electron chi connectivity index (χ2n) is 6.26. The number of rotatable bonds is 0. The Morgan fingerprint density at radius 1 is 0.833 bits per heavy atom. The van der Waals surface area contributed by atoms with Crippen LogP contribution in [0.4, 0.5) is 0 Å². The molecular formula is C12H22N4O2. The van der Waals surface area contributed by atoms with E-state index in [1.165, 1.54) is 0 Å². The van der Waals surface area contributed by atoms with Gasteiger partial charge >= 0.3 is 11.8 Å². The summed E-state index contributed by atoms with van der Waals surface area (Å²) in [4.78, 5) is 27.8. The normalized spacial score (nSPS) is 25.6. The van der Waals surface area contributed by atoms with Crippen LogP contribution in [0.2, 0.25) is 0 Å². The molecule has 6 nitrogen and oxygen atoms in total. The third-order valence-corrected chi connectivity index (χ3v) is 3.79. The highest BCUT2D eigenvalue weighted by molar-refractivity contribution is 6.35. The Balaban J connectivity index is 2.12. The molecule has 0 spiro atoms. The van der Waals surface area contributed by atoms with Crippen molar-refractivity contribution in [3.8, 4) is 0 Å². The van der Waals surface area contributed by atoms with E-state index in [1.54, 1.807) is 9.80 Å². The van der Waals surface area contributed by atoms with Crippen molar-refractivity contribution in [2.75, 3.05) is 26.4 Å². The molecule has 2 saturated heterocycles. The van der Waals surface area contributed by atoms with E-state index in [9.17, 15) is 9.59 Å². The minimum atomic E-state index is -0.415. The highest BCUT2D eigenvalue weighted by Crippen LogP contribution is 2.22. The van der Waals surface area contributed by atoms with Gasteiger partial charge < -0.3 is 9.80 Å². The van der Waals surface area contributed by atoms with E-state index in [-0.39, 0.29) is 11.1 Å². The fraction of sp³-hybridized carbons (Fsp3) is 0.833. The van der Waals surface area contributed by atoms with Crippen LogP contribution in [-0.2, 0) is 9.59 Å². The fourth-order valence-electron chi connectivity index (χ4n) is 2.49. The van der Waals surface area contributed by atoms with E-state index in [2.05, 4.69) is 10.6 Å². The summed E-state index contributed by atoms with van der Waals surface area (Å²) in [5, 5.41) is 6.26. The van der Waals surface area contributed by atoms with Gasteiger partial charge in [0.15, 0.2) is 0 Å². The molecule has 2 aliphatic heterocycles. The second kappa shape index (κ2) is 4.20. The summed E-state index contributed by atoms with van der Waals surface area (Å²) in [5.41, 5.74) is -0.603. The molecule has 0 aromatic rings. The van der Waals surface area contributed by atoms with Crippen LogP contribution in [0.25, 0.3) is 0 Å². The predicted octanol–water partition coefficient (Wildman–Crippen LogP) is -0.678. The number of hydrogen-bond donors (Lipinski definition) is 2. The number of nitrogens with one attached hydrogen (secondary N) is 2. The monoisotopic (exact) mass is 254 g/mol. The van der Waals surface area contributed by atoms with Gasteiger partial charge in [0.25, 0.3) is 0 Å². The van der Waals surface area contributed by atoms with Gasteiger partial charge in [-0.3, -0.25) is 20.2 Å². The third kappa shape index (κ3) is 2.10. The van der Waals surface area contributed by atoms with E-state index >= 15 is 0 Å². The molecule has 6 heteroatoms. The zero-order valence-electron chi connectivity index (χ0n) is 11.5. The van der Waals surface area contributed by atoms with Crippen LogP contribution in [0.5, 0.6) is 0 Å². The number of amides is 2. The Labute approximate surface area is 108 Å². The molecule has 2 heterocycles. The van der Waals surface area contributed by atoms with E-state index in [1.807, 2.05) is 27.7 Å². The molecule has 2 N–H and O–H groups in total. The topological polar surface area (TPSA) is 64.7 Å². The number of carbonyl (C=O) groups is 2. The minimum absolute atomic E-state index is 0.302. The molecular weight excluding hydrogens is 232 g/mol. The van der Waals surface area contributed by atoms with Crippen LogP contribution in [-0.4, -0.2) is 59.1 Å². The van der Waals surface area contributed by atoms with Gasteiger partial charge in [0.1, 0.15) is 0 Å². The molecule has 0 radical (unpaired) electrons. The van der Waals surface area contributed by atoms with Crippen LogP contribution in [0.15, 0.2) is 0 Å². The minimum Gasteiger partial charge on any atom is -0.315 e. The number of hydrogen-bond acceptors (Lipinski definition) is 4. The van der Waals surface area contributed by atoms with Crippen molar-refractivity contribution >= 4 is 11.8 Å². The molecule has 0 unspecified atom stereocenters. The highest BCUT2D eigenvalue weighted by atomic mass is 16.2. The standard InChI is InChI=1S/C12H22N4O2/c1-11(2)5-13-7-15(11)9(17)10(18)16-8-14-6-12(16,3)4/h13-14H,5-8H2,1-4H3. The molecule has 0 aromatic carbocycles. The van der Waals surface area contributed by atoms with Crippen molar-refractivity contribution in [2.24, 2.45) is 0 Å². The first-order valence-electron chi connectivity index (χ1n) is 6.31. The number of nitrogens with zero attached hydrogens (tertiary/aromatic N) is 2. The van der Waals surface area contributed by atoms with Crippen molar-refractivity contribution in [3.63, 3.8) is 0 Å². The van der Waals surface area contributed by atoms with Crippen molar-refractivity contribution in [3.05, 3.63) is 0 Å². The zero-order chi connectivity index (χ0) is 13.6. The lowest BCUT2D eigenvalue weighted by Gasteiger charge is -2.34. The molecule has 2 amide bonds. The molecule has 0 saturated carbocycles. The van der Waals surface area contributed by atoms with Gasteiger partial charge in [0, 0.05) is 13.1 Å². The Hall–Kier alpha value is -1.14. The summed E-state index contributed by atoms with van der Waals surface area (Å²) < 4.78 is 0. The largest absolute Gasteiger partial charge is 0.315 e. The lowest BCUT2D eigenvalue weighted by Crippen LogP contribution is -2.55. The summed E-state index contributed by atoms with van der Waals surface area (Å²) in [6, 6.07) is 0. The summed E-state index contributed by atoms with van der Waals surface area (Å²) in [5.74, 6) is -0.830. The van der Waals surface area contributed by atoms with Crippen molar-refractivity contribution in [2.45, 2.75) is 38.8 Å². The van der Waals surface area contributed by atoms with Crippen LogP contribution >= 0.6 is 0 Å². The summed E-state index contributed by atoms with van der Waals surface area (Å²) in [6.07, 6.45) is 0. The van der Waals surface area contributed by atoms with Gasteiger partial charge in [-0.2, -0.15) is 0 Å². The number of carbonyl (C=O) groups excluding carboxylic acids is 2. The molecule has 0 bridgehead atoms. The van der Waals surface area contributed by atoms with Crippen molar-refractivity contribution < 1.29 is 9.59 Å². The molecule has 2 rings (SSSR count). The van der Waals surface area contributed by atoms with E-state index < -0.39 is 11.8 Å². The van der Waals surface area contributed by atoms with E-state index in [4.69, 9.17) is 0 Å². The smallest absolute Gasteiger partial charge is 0.313 e. The Bertz CT molecular complexity index is 342. The fourth-order valence-corrected chi connectivity index (χ4v) is 2.49. The van der Waals surface area contributed by atoms with Crippen LogP contribution < -0.4 is 10.6 Å². The first kappa shape index (κ1) is 13.3. The molecule has 0 aliphatic carbocycles. The summed E-state index contributed by atoms with van der Waals surface area (Å²) in [6.45, 7) is 10.2. The van der Waals surface area contributed by atoms with E-state index in [0.717, 1.165) is 0 Å².